The number of nitrogens with one attached hydrogen (secondary N) is 1. The molecule has 2 aromatic heterocycles. The first-order valence-corrected chi connectivity index (χ1v) is 8.19. The van der Waals surface area contributed by atoms with E-state index in [1.54, 1.807) is 18.5 Å². The molecule has 5 nitrogen and oxygen atoms in total. The zero-order valence-corrected chi connectivity index (χ0v) is 13.8. The molecule has 1 aromatic carbocycles. The van der Waals surface area contributed by atoms with Crippen molar-refractivity contribution in [3.05, 3.63) is 83.0 Å². The number of benzene rings is 1. The topological polar surface area (TPSA) is 75.2 Å². The summed E-state index contributed by atoms with van der Waals surface area (Å²) in [5.41, 5.74) is 2.90. The van der Waals surface area contributed by atoms with Crippen LogP contribution in [0.1, 0.15) is 12.0 Å². The van der Waals surface area contributed by atoms with Crippen molar-refractivity contribution >= 4 is 0 Å². The van der Waals surface area contributed by atoms with E-state index in [1.165, 1.54) is 6.07 Å². The first kappa shape index (κ1) is 16.9. The van der Waals surface area contributed by atoms with E-state index >= 15 is 0 Å². The maximum atomic E-state index is 11.1. The van der Waals surface area contributed by atoms with Gasteiger partial charge in [-0.2, -0.15) is 0 Å². The minimum Gasteiger partial charge on any atom is -0.491 e. The van der Waals surface area contributed by atoms with Crippen molar-refractivity contribution in [3.63, 3.8) is 0 Å². The van der Waals surface area contributed by atoms with E-state index in [2.05, 4.69) is 9.97 Å². The quantitative estimate of drug-likeness (QED) is 0.696. The van der Waals surface area contributed by atoms with Crippen LogP contribution in [0.2, 0.25) is 0 Å². The maximum Gasteiger partial charge on any atom is 0.247 e. The molecule has 5 heteroatoms. The summed E-state index contributed by atoms with van der Waals surface area (Å²) in [7, 11) is 0. The second-order valence-electron chi connectivity index (χ2n) is 5.83. The minimum atomic E-state index is -0.529. The Bertz CT molecular complexity index is 824. The maximum absolute atomic E-state index is 11.1. The van der Waals surface area contributed by atoms with Gasteiger partial charge in [-0.05, 0) is 53.8 Å². The lowest BCUT2D eigenvalue weighted by Gasteiger charge is -2.12. The van der Waals surface area contributed by atoms with Crippen molar-refractivity contribution in [3.8, 4) is 16.9 Å². The Balaban J connectivity index is 1.49. The van der Waals surface area contributed by atoms with Gasteiger partial charge in [-0.15, -0.1) is 0 Å². The average molecular weight is 336 g/mol. The first-order chi connectivity index (χ1) is 12.2. The fourth-order valence-electron chi connectivity index (χ4n) is 2.49. The van der Waals surface area contributed by atoms with Crippen LogP contribution >= 0.6 is 0 Å². The molecule has 128 valence electrons. The molecule has 25 heavy (non-hydrogen) atoms. The Hall–Kier alpha value is -2.92. The number of aromatic amines is 1. The summed E-state index contributed by atoms with van der Waals surface area (Å²) in [6.45, 7) is 0.248. The van der Waals surface area contributed by atoms with Crippen molar-refractivity contribution in [2.75, 3.05) is 6.61 Å². The van der Waals surface area contributed by atoms with Crippen LogP contribution in [0, 0.1) is 0 Å². The van der Waals surface area contributed by atoms with E-state index in [1.807, 2.05) is 42.6 Å². The number of aromatic nitrogens is 2. The van der Waals surface area contributed by atoms with Crippen LogP contribution in [-0.4, -0.2) is 27.8 Å². The highest BCUT2D eigenvalue weighted by Gasteiger charge is 2.06. The monoisotopic (exact) mass is 336 g/mol. The summed E-state index contributed by atoms with van der Waals surface area (Å²) in [4.78, 5) is 17.8. The Labute approximate surface area is 146 Å². The standard InChI is InChI=1S/C20H20N2O3/c23-18(7-3-15-2-1-11-21-12-15)14-25-19-8-4-16(5-9-19)17-6-10-20(24)22-13-17/h1-2,4-6,8-13,18,23H,3,7,14H2,(H,22,24). The predicted octanol–water partition coefficient (Wildman–Crippen LogP) is 2.81. The molecule has 0 spiro atoms. The van der Waals surface area contributed by atoms with E-state index in [0.717, 1.165) is 23.1 Å². The van der Waals surface area contributed by atoms with Crippen molar-refractivity contribution in [1.29, 1.82) is 0 Å². The summed E-state index contributed by atoms with van der Waals surface area (Å²) in [5, 5.41) is 10.1. The van der Waals surface area contributed by atoms with Gasteiger partial charge in [-0.1, -0.05) is 18.2 Å². The highest BCUT2D eigenvalue weighted by atomic mass is 16.5. The van der Waals surface area contributed by atoms with Crippen LogP contribution in [0.15, 0.2) is 71.9 Å². The minimum absolute atomic E-state index is 0.121. The highest BCUT2D eigenvalue weighted by molar-refractivity contribution is 5.62. The molecule has 1 unspecified atom stereocenters. The number of hydrogen-bond acceptors (Lipinski definition) is 4. The molecule has 0 fully saturated rings. The summed E-state index contributed by atoms with van der Waals surface area (Å²) in [5.74, 6) is 0.702. The Morgan fingerprint density at radius 3 is 2.56 bits per heavy atom. The number of aliphatic hydroxyl groups excluding tert-OH is 1. The van der Waals surface area contributed by atoms with E-state index in [-0.39, 0.29) is 12.2 Å². The van der Waals surface area contributed by atoms with Crippen molar-refractivity contribution in [2.24, 2.45) is 0 Å². The Kier molecular flexibility index (Phi) is 5.59. The third-order valence-electron chi connectivity index (χ3n) is 3.90. The zero-order valence-electron chi connectivity index (χ0n) is 13.8. The number of ether oxygens (including phenoxy) is 1. The fraction of sp³-hybridized carbons (Fsp3) is 0.200. The molecule has 0 bridgehead atoms. The second kappa shape index (κ2) is 8.26. The lowest BCUT2D eigenvalue weighted by atomic mass is 10.1. The number of hydrogen-bond donors (Lipinski definition) is 2. The molecular weight excluding hydrogens is 316 g/mol. The summed E-state index contributed by atoms with van der Waals surface area (Å²) in [6.07, 6.45) is 6.09. The zero-order chi connectivity index (χ0) is 17.5. The lowest BCUT2D eigenvalue weighted by Crippen LogP contribution is -2.18. The third kappa shape index (κ3) is 5.02. The van der Waals surface area contributed by atoms with Gasteiger partial charge in [-0.3, -0.25) is 9.78 Å². The van der Waals surface area contributed by atoms with Crippen molar-refractivity contribution in [1.82, 2.24) is 9.97 Å². The number of nitrogens with zero attached hydrogens (tertiary/aromatic N) is 1. The van der Waals surface area contributed by atoms with Crippen LogP contribution in [0.25, 0.3) is 11.1 Å². The molecule has 0 radical (unpaired) electrons. The molecule has 1 atom stereocenters. The number of aryl methyl sites for hydroxylation is 1. The Morgan fingerprint density at radius 1 is 1.08 bits per heavy atom. The van der Waals surface area contributed by atoms with Crippen molar-refractivity contribution < 1.29 is 9.84 Å². The average Bonchev–Trinajstić information content (AvgIpc) is 2.67. The smallest absolute Gasteiger partial charge is 0.247 e. The molecule has 0 aliphatic rings. The lowest BCUT2D eigenvalue weighted by molar-refractivity contribution is 0.100. The summed E-state index contributed by atoms with van der Waals surface area (Å²) >= 11 is 0. The highest BCUT2D eigenvalue weighted by Crippen LogP contribution is 2.21. The number of pyridine rings is 2. The predicted molar refractivity (Wildman–Crippen MR) is 96.6 cm³/mol. The van der Waals surface area contributed by atoms with Gasteiger partial charge >= 0.3 is 0 Å². The molecule has 0 aliphatic carbocycles. The van der Waals surface area contributed by atoms with E-state index in [9.17, 15) is 9.90 Å². The van der Waals surface area contributed by atoms with Gasteiger partial charge in [-0.25, -0.2) is 0 Å². The fourth-order valence-corrected chi connectivity index (χ4v) is 2.49. The first-order valence-electron chi connectivity index (χ1n) is 8.19. The number of H-pyrrole nitrogens is 1. The van der Waals surface area contributed by atoms with E-state index in [0.29, 0.717) is 12.2 Å². The van der Waals surface area contributed by atoms with Crippen LogP contribution in [0.4, 0.5) is 0 Å². The summed E-state index contributed by atoms with van der Waals surface area (Å²) < 4.78 is 5.64. The Morgan fingerprint density at radius 2 is 1.88 bits per heavy atom. The number of rotatable bonds is 7. The molecule has 3 aromatic rings. The van der Waals surface area contributed by atoms with Crippen LogP contribution < -0.4 is 10.3 Å². The molecule has 0 amide bonds. The molecule has 0 saturated carbocycles. The van der Waals surface area contributed by atoms with Gasteiger partial charge in [0.2, 0.25) is 5.56 Å². The second-order valence-corrected chi connectivity index (χ2v) is 5.83. The van der Waals surface area contributed by atoms with Gasteiger partial charge in [0.05, 0.1) is 6.10 Å². The van der Waals surface area contributed by atoms with Gasteiger partial charge < -0.3 is 14.8 Å². The van der Waals surface area contributed by atoms with Crippen LogP contribution in [-0.2, 0) is 6.42 Å². The van der Waals surface area contributed by atoms with E-state index in [4.69, 9.17) is 4.74 Å². The van der Waals surface area contributed by atoms with Gasteiger partial charge in [0, 0.05) is 24.7 Å². The number of aliphatic hydroxyl groups is 1. The van der Waals surface area contributed by atoms with Gasteiger partial charge in [0.15, 0.2) is 0 Å². The van der Waals surface area contributed by atoms with Crippen LogP contribution in [0.5, 0.6) is 5.75 Å². The molecule has 2 heterocycles. The molecule has 2 N–H and O–H groups in total. The largest absolute Gasteiger partial charge is 0.491 e. The van der Waals surface area contributed by atoms with Gasteiger partial charge in [0.1, 0.15) is 12.4 Å². The van der Waals surface area contributed by atoms with Crippen molar-refractivity contribution in [2.45, 2.75) is 18.9 Å². The van der Waals surface area contributed by atoms with E-state index < -0.39 is 6.10 Å². The molecular formula is C20H20N2O3. The molecule has 0 saturated heterocycles. The third-order valence-corrected chi connectivity index (χ3v) is 3.90. The normalized spacial score (nSPS) is 11.9. The van der Waals surface area contributed by atoms with Crippen LogP contribution in [0.3, 0.4) is 0 Å². The molecule has 0 aliphatic heterocycles. The summed E-state index contributed by atoms with van der Waals surface area (Å²) in [6, 6.07) is 14.7. The SMILES string of the molecule is O=c1ccc(-c2ccc(OCC(O)CCc3cccnc3)cc2)c[nH]1. The molecule has 3 rings (SSSR count). The van der Waals surface area contributed by atoms with Gasteiger partial charge in [0.25, 0.3) is 0 Å².